The van der Waals surface area contributed by atoms with Gasteiger partial charge in [-0.1, -0.05) is 245 Å². The van der Waals surface area contributed by atoms with E-state index >= 15 is 0 Å². The third-order valence-corrected chi connectivity index (χ3v) is 46.1. The van der Waals surface area contributed by atoms with Gasteiger partial charge >= 0.3 is 17.7 Å². The number of halogens is 4. The van der Waals surface area contributed by atoms with Gasteiger partial charge in [-0.2, -0.15) is 45.9 Å². The summed E-state index contributed by atoms with van der Waals surface area (Å²) in [6.07, 6.45) is 23.0. The van der Waals surface area contributed by atoms with Crippen LogP contribution in [0.4, 0.5) is 0 Å². The van der Waals surface area contributed by atoms with Crippen LogP contribution in [0.15, 0.2) is 90.4 Å². The average molecular weight is 2560 g/mol. The van der Waals surface area contributed by atoms with Gasteiger partial charge in [0, 0.05) is 58.5 Å². The van der Waals surface area contributed by atoms with Gasteiger partial charge in [0.2, 0.25) is 11.8 Å². The molecule has 22 nitrogen and oxygen atoms in total. The largest absolute Gasteiger partial charge is 0.446 e. The van der Waals surface area contributed by atoms with Gasteiger partial charge in [-0.15, -0.1) is 27.4 Å². The molecule has 8 aliphatic rings. The minimum absolute atomic E-state index is 0.00701. The molecule has 139 heavy (non-hydrogen) atoms. The topological polar surface area (TPSA) is 253 Å². The lowest BCUT2D eigenvalue weighted by molar-refractivity contribution is -0.131. The fraction of sp³-hybridized carbons (Fsp3) is 0.792. The van der Waals surface area contributed by atoms with Crippen LogP contribution >= 0.6 is 155 Å². The summed E-state index contributed by atoms with van der Waals surface area (Å²) in [4.78, 5) is 20.0. The van der Waals surface area contributed by atoms with Crippen LogP contribution in [0, 0.1) is 71.0 Å². The van der Waals surface area contributed by atoms with Gasteiger partial charge < -0.3 is 79.4 Å². The minimum Gasteiger partial charge on any atom is -0.446 e. The highest BCUT2D eigenvalue weighted by Crippen LogP contribution is 2.49. The molecule has 2 aromatic heterocycles. The number of aliphatic hydroxyl groups is 1. The Balaban J connectivity index is 0.000000289. The number of carbonyl (C=O) groups excluding carboxylic acids is 1. The molecule has 1 N–H and O–H groups in total. The SMILES string of the molecule is C/C(=C\I)[C@@H]1O[C@H](CC=O)[C@H](C)[C@H](C)[C@H]1C.C/C(=C\I)[C@@H]1O[C@H](CCO)[C@H](C)[C@H](C)[C@H]1C.C/C(=C\I)[C@@H]1O[C@H](CCOB(P)S)[C@H](C)[C@H](C)[C@H]1C.C=C1C[C@H](C[C@@H]2C[C@@H](O[Si](C)(C)C(C)(C)C)C[C@H](c3coc(/C=C/C[C@H]4O[C@@H](/C(C)=C/I)[C@H](C)[C@@H](C)[C@H]4C)n3)O2)O[C@@H](CCOB(P)S)C1.C=C1C[C@H](C[C@@H]2C[C@@H](O[Si](C)(C)C(C)(C)C)C[C@H](c3coc(COS(C)(=O)=O)n3)O2)O[C@@H](CCOB(P)S)C1. The first-order chi connectivity index (χ1) is 64.9. The number of oxazole rings is 2. The molecular formula is C101H176B3I4N2O20P3S4Si2. The molecule has 0 spiro atoms. The average Bonchev–Trinajstić information content (AvgIpc) is 1.55. The van der Waals surface area contributed by atoms with Crippen LogP contribution in [0.3, 0.4) is 0 Å². The summed E-state index contributed by atoms with van der Waals surface area (Å²) in [5.41, 5.74) is 9.04. The zero-order valence-electron chi connectivity index (χ0n) is 88.6. The van der Waals surface area contributed by atoms with E-state index < -0.39 is 26.8 Å². The van der Waals surface area contributed by atoms with Gasteiger partial charge in [0.1, 0.15) is 49.0 Å². The number of ether oxygens (including phenoxy) is 8. The predicted molar refractivity (Wildman–Crippen MR) is 631 cm³/mol. The highest BCUT2D eigenvalue weighted by atomic mass is 127. The minimum atomic E-state index is -3.61. The van der Waals surface area contributed by atoms with Crippen LogP contribution in [0.5, 0.6) is 0 Å². The number of aromatic nitrogens is 2. The summed E-state index contributed by atoms with van der Waals surface area (Å²) < 4.78 is 130. The quantitative estimate of drug-likeness (QED) is 0.00941. The van der Waals surface area contributed by atoms with E-state index in [2.05, 4.69) is 374 Å². The Bertz CT molecular complexity index is 4310. The highest BCUT2D eigenvalue weighted by molar-refractivity contribution is 14.1. The first-order valence-electron chi connectivity index (χ1n) is 50.5. The first kappa shape index (κ1) is 129. The third-order valence-electron chi connectivity index (χ3n) is 31.5. The van der Waals surface area contributed by atoms with Crippen molar-refractivity contribution in [2.24, 2.45) is 71.0 Å². The number of hydrogen-bond donors (Lipinski definition) is 4. The number of thiol groups is 3. The monoisotopic (exact) mass is 2550 g/mol. The molecule has 3 unspecified atom stereocenters. The Morgan fingerprint density at radius 2 is 0.820 bits per heavy atom. The summed E-state index contributed by atoms with van der Waals surface area (Å²) in [5.74, 6) is 6.97. The Kier molecular flexibility index (Phi) is 57.2. The molecule has 0 bridgehead atoms. The summed E-state index contributed by atoms with van der Waals surface area (Å²) in [6.45, 7) is 69.2. The third kappa shape index (κ3) is 41.7. The van der Waals surface area contributed by atoms with E-state index in [0.29, 0.717) is 122 Å². The number of nitrogens with zero attached hydrogens (tertiary/aromatic N) is 2. The van der Waals surface area contributed by atoms with Crippen molar-refractivity contribution in [2.45, 2.75) is 408 Å². The molecule has 8 aliphatic heterocycles. The molecule has 38 heteroatoms. The second-order valence-corrected chi connectivity index (χ2v) is 62.7. The van der Waals surface area contributed by atoms with Crippen molar-refractivity contribution < 1.29 is 92.0 Å². The van der Waals surface area contributed by atoms with E-state index in [1.165, 1.54) is 39.7 Å². The van der Waals surface area contributed by atoms with Crippen molar-refractivity contribution in [2.75, 3.05) is 32.7 Å². The number of aliphatic hydroxyl groups excluding tert-OH is 1. The van der Waals surface area contributed by atoms with Gasteiger partial charge in [0.05, 0.1) is 104 Å². The van der Waals surface area contributed by atoms with Crippen molar-refractivity contribution in [1.29, 1.82) is 0 Å². The maximum atomic E-state index is 11.4. The van der Waals surface area contributed by atoms with Crippen LogP contribution in [0.2, 0.25) is 36.3 Å². The van der Waals surface area contributed by atoms with E-state index in [0.717, 1.165) is 102 Å². The van der Waals surface area contributed by atoms with E-state index in [9.17, 15) is 13.2 Å². The standard InChI is InChI=1S/C37H62BINO6PSSi.C25H45BNO8PS2Si.C13H25BIO2PS.C13H23IO2.C13H21IO2/c1-23-16-28(14-15-42-38(47)48)43-29(17-23)18-30-19-31(46-49(9,10)37(6,7)8)20-34(44-30)32-22-41-35(40-32)13-11-12-33-26(4)25(3)27(5)36(45-33)24(2)21-39;1-17-10-18(8-9-31-26(36)37)33-19(11-17)12-20-13-21(35-39(6,7)25(2,3)4)14-23(34-20)22-15-30-24(27-22)16-32-38(5,28)29;1-8(7-15)13-11(4)9(2)10(3)12(17-13)5-6-16-14(18)19;2*1-8(7-14)13-11(4)9(2)10(3)12(16-13)5-6-15/h11,13,21-22,25-31,33-34,36,48H,1,12,14-20,47H2,2-10H3;15,18-21,23,37H,1,8-14,16,36H2,2-7H3;7,9-13,19H,5-6,18H2,1-4H3;7,9-13,15H,5-6H2,1-4H3;6-7,9-13H,5H2,1-4H3/b13-11+,24-21+;;3*8-7+/t25-,26+,27+,28-,29+,30+,31+,33+,34+,36-;18-,19+,20+,21+,23+;3*9-,10+,11+,12+,13-/m00000/s1. The van der Waals surface area contributed by atoms with Gasteiger partial charge in [0.25, 0.3) is 10.1 Å². The second kappa shape index (κ2) is 61.6. The molecule has 0 aliphatic carbocycles. The van der Waals surface area contributed by atoms with Crippen molar-refractivity contribution in [3.8, 4) is 0 Å². The molecule has 0 saturated carbocycles. The summed E-state index contributed by atoms with van der Waals surface area (Å²) >= 11 is 21.9. The Morgan fingerprint density at radius 3 is 1.17 bits per heavy atom. The molecule has 2 aromatic rings. The fourth-order valence-electron chi connectivity index (χ4n) is 19.8. The molecule has 10 rings (SSSR count). The zero-order chi connectivity index (χ0) is 104. The van der Waals surface area contributed by atoms with Gasteiger partial charge in [0.15, 0.2) is 16.6 Å². The lowest BCUT2D eigenvalue weighted by Gasteiger charge is -2.44. The van der Waals surface area contributed by atoms with E-state index in [1.807, 2.05) is 6.08 Å². The molecule has 794 valence electrons. The molecule has 8 saturated heterocycles. The van der Waals surface area contributed by atoms with Crippen LogP contribution in [-0.4, -0.2) is 195 Å². The Labute approximate surface area is 920 Å². The molecule has 10 heterocycles. The molecule has 33 atom stereocenters. The van der Waals surface area contributed by atoms with Crippen molar-refractivity contribution in [3.05, 3.63) is 105 Å². The summed E-state index contributed by atoms with van der Waals surface area (Å²) in [5, 5.41) is 9.26. The Hall–Kier alpha value is 1.51. The normalized spacial score (nSPS) is 33.9. The number of hydrogen-bond acceptors (Lipinski definition) is 25. The number of aldehydes is 1. The van der Waals surface area contributed by atoms with Crippen LogP contribution in [0.25, 0.3) is 6.08 Å². The Morgan fingerprint density at radius 1 is 0.482 bits per heavy atom. The number of rotatable bonds is 36. The van der Waals surface area contributed by atoms with E-state index in [4.69, 9.17) is 83.8 Å². The van der Waals surface area contributed by atoms with Crippen LogP contribution in [0.1, 0.15) is 290 Å². The van der Waals surface area contributed by atoms with Crippen LogP contribution in [-0.2, 0) is 86.4 Å². The first-order valence-corrected chi connectivity index (χ1v) is 66.7. The van der Waals surface area contributed by atoms with E-state index in [1.54, 1.807) is 6.26 Å². The highest BCUT2D eigenvalue weighted by Gasteiger charge is 2.49. The molecule has 0 amide bonds. The van der Waals surface area contributed by atoms with Gasteiger partial charge in [-0.25, -0.2) is 9.97 Å². The zero-order valence-corrected chi connectivity index (χ0v) is 106. The maximum Gasteiger partial charge on any atom is 0.380 e. The summed E-state index contributed by atoms with van der Waals surface area (Å²) in [6, 6.07) is 0. The van der Waals surface area contributed by atoms with Gasteiger partial charge in [-0.05, 0) is 250 Å². The van der Waals surface area contributed by atoms with E-state index in [-0.39, 0.29) is 157 Å². The summed E-state index contributed by atoms with van der Waals surface area (Å²) in [7, 11) is -0.0289. The van der Waals surface area contributed by atoms with Crippen molar-refractivity contribution in [3.63, 3.8) is 0 Å². The number of carbonyl (C=O) groups is 1. The fourth-order valence-corrected chi connectivity index (χ4v) is 25.0. The van der Waals surface area contributed by atoms with Crippen molar-refractivity contribution in [1.82, 2.24) is 9.97 Å². The van der Waals surface area contributed by atoms with Gasteiger partial charge in [-0.3, -0.25) is 4.18 Å². The molecular weight excluding hydrogens is 2380 g/mol. The molecule has 8 fully saturated rings. The second-order valence-electron chi connectivity index (χ2n) is 44.0. The lowest BCUT2D eigenvalue weighted by Crippen LogP contribution is -2.47. The predicted octanol–water partition coefficient (Wildman–Crippen LogP) is 27.0. The van der Waals surface area contributed by atoms with Crippen molar-refractivity contribution >= 4 is 212 Å². The molecule has 0 radical (unpaired) electrons. The van der Waals surface area contributed by atoms with Crippen LogP contribution < -0.4 is 0 Å². The lowest BCUT2D eigenvalue weighted by atomic mass is 9.74. The maximum absolute atomic E-state index is 11.4. The molecule has 0 aromatic carbocycles. The smallest absolute Gasteiger partial charge is 0.380 e.